The van der Waals surface area contributed by atoms with Crippen LogP contribution in [-0.4, -0.2) is 73.4 Å². The van der Waals surface area contributed by atoms with Crippen molar-refractivity contribution in [2.45, 2.75) is 437 Å². The number of quaternary nitrogens is 1. The molecule has 0 aromatic heterocycles. The summed E-state index contributed by atoms with van der Waals surface area (Å²) >= 11 is 0. The molecule has 0 bridgehead atoms. The van der Waals surface area contributed by atoms with Crippen molar-refractivity contribution in [1.82, 2.24) is 5.32 Å². The van der Waals surface area contributed by atoms with Crippen LogP contribution in [0.3, 0.4) is 0 Å². The van der Waals surface area contributed by atoms with Crippen LogP contribution in [-0.2, 0) is 18.4 Å². The molecule has 0 radical (unpaired) electrons. The highest BCUT2D eigenvalue weighted by Crippen LogP contribution is 2.43. The van der Waals surface area contributed by atoms with Gasteiger partial charge in [0.2, 0.25) is 5.91 Å². The monoisotopic (exact) mass is 1210 g/mol. The van der Waals surface area contributed by atoms with Gasteiger partial charge in [0.15, 0.2) is 0 Å². The first-order valence-electron chi connectivity index (χ1n) is 38.4. The van der Waals surface area contributed by atoms with Crippen LogP contribution in [0, 0.1) is 0 Å². The second kappa shape index (κ2) is 66.9. The van der Waals surface area contributed by atoms with Gasteiger partial charge in [0.1, 0.15) is 13.2 Å². The first kappa shape index (κ1) is 83.5. The van der Waals surface area contributed by atoms with Gasteiger partial charge >= 0.3 is 7.82 Å². The third kappa shape index (κ3) is 69.0. The van der Waals surface area contributed by atoms with Gasteiger partial charge in [0.25, 0.3) is 0 Å². The lowest BCUT2D eigenvalue weighted by Gasteiger charge is -2.26. The lowest BCUT2D eigenvalue weighted by molar-refractivity contribution is -0.870. The van der Waals surface area contributed by atoms with E-state index in [2.05, 4.69) is 19.2 Å². The summed E-state index contributed by atoms with van der Waals surface area (Å²) in [5.41, 5.74) is 0. The van der Waals surface area contributed by atoms with Gasteiger partial charge in [-0.15, -0.1) is 0 Å². The fourth-order valence-corrected chi connectivity index (χ4v) is 13.1. The zero-order valence-corrected chi connectivity index (χ0v) is 58.8. The number of nitrogens with zero attached hydrogens (tertiary/aromatic N) is 1. The lowest BCUT2D eigenvalue weighted by Crippen LogP contribution is -2.46. The van der Waals surface area contributed by atoms with E-state index >= 15 is 0 Å². The third-order valence-corrected chi connectivity index (χ3v) is 19.3. The van der Waals surface area contributed by atoms with Crippen molar-refractivity contribution in [1.29, 1.82) is 0 Å². The third-order valence-electron chi connectivity index (χ3n) is 18.4. The molecular formula is C75H154N2O6P+. The van der Waals surface area contributed by atoms with Gasteiger partial charge in [0.05, 0.1) is 39.9 Å². The molecule has 504 valence electrons. The molecule has 0 saturated heterocycles. The molecule has 0 saturated carbocycles. The van der Waals surface area contributed by atoms with Crippen molar-refractivity contribution in [2.75, 3.05) is 40.9 Å². The van der Waals surface area contributed by atoms with Crippen molar-refractivity contribution in [3.63, 3.8) is 0 Å². The van der Waals surface area contributed by atoms with Crippen molar-refractivity contribution >= 4 is 13.7 Å². The molecule has 0 spiro atoms. The number of nitrogens with one attached hydrogen (secondary N) is 1. The van der Waals surface area contributed by atoms with E-state index in [0.29, 0.717) is 23.9 Å². The molecule has 3 atom stereocenters. The molecule has 3 N–H and O–H groups in total. The van der Waals surface area contributed by atoms with Gasteiger partial charge in [0, 0.05) is 6.42 Å². The number of hydrogen-bond acceptors (Lipinski definition) is 5. The van der Waals surface area contributed by atoms with E-state index in [0.717, 1.165) is 38.5 Å². The Bertz CT molecular complexity index is 1330. The lowest BCUT2D eigenvalue weighted by atomic mass is 10.0. The van der Waals surface area contributed by atoms with Crippen LogP contribution in [0.4, 0.5) is 0 Å². The highest BCUT2D eigenvalue weighted by atomic mass is 31.2. The molecule has 0 aliphatic heterocycles. The van der Waals surface area contributed by atoms with E-state index in [-0.39, 0.29) is 19.1 Å². The molecule has 0 aromatic carbocycles. The molecule has 8 nitrogen and oxygen atoms in total. The smallest absolute Gasteiger partial charge is 0.391 e. The number of aliphatic hydroxyl groups is 1. The average molecular weight is 1210 g/mol. The van der Waals surface area contributed by atoms with Crippen LogP contribution in [0.2, 0.25) is 0 Å². The first-order valence-corrected chi connectivity index (χ1v) is 39.9. The quantitative estimate of drug-likeness (QED) is 0.0318. The molecule has 0 aromatic rings. The number of phosphoric ester groups is 1. The Morgan fingerprint density at radius 2 is 0.571 bits per heavy atom. The van der Waals surface area contributed by atoms with Gasteiger partial charge < -0.3 is 19.8 Å². The van der Waals surface area contributed by atoms with Crippen LogP contribution in [0.15, 0.2) is 0 Å². The minimum absolute atomic E-state index is 0.0796. The summed E-state index contributed by atoms with van der Waals surface area (Å²) in [4.78, 5) is 23.5. The van der Waals surface area contributed by atoms with Crippen LogP contribution in [0.1, 0.15) is 425 Å². The van der Waals surface area contributed by atoms with Crippen LogP contribution < -0.4 is 5.32 Å². The standard InChI is InChI=1S/C75H153N2O6P/c1-6-8-10-12-14-16-18-20-22-24-26-28-30-32-34-36-37-38-39-40-41-43-45-47-49-51-53-55-57-59-61-63-65-67-69-75(79)76-73(72-83-84(80,81)82-71-70-77(3,4)5)74(78)68-66-64-62-60-58-56-54-52-50-48-46-44-42-35-33-31-29-27-25-23-21-19-17-15-13-11-9-7-2/h73-74,78H,6-72H2,1-5H3,(H-,76,79,80,81)/p+1. The van der Waals surface area contributed by atoms with E-state index in [1.165, 1.54) is 360 Å². The molecule has 0 rings (SSSR count). The van der Waals surface area contributed by atoms with Gasteiger partial charge in [-0.05, 0) is 12.8 Å². The Morgan fingerprint density at radius 1 is 0.357 bits per heavy atom. The van der Waals surface area contributed by atoms with E-state index in [4.69, 9.17) is 9.05 Å². The van der Waals surface area contributed by atoms with Crippen LogP contribution >= 0.6 is 7.82 Å². The maximum atomic E-state index is 13.1. The Labute approximate surface area is 527 Å². The number of carbonyl (C=O) groups is 1. The number of amides is 1. The highest BCUT2D eigenvalue weighted by Gasteiger charge is 2.28. The number of phosphoric acid groups is 1. The van der Waals surface area contributed by atoms with Crippen LogP contribution in [0.25, 0.3) is 0 Å². The minimum Gasteiger partial charge on any atom is -0.391 e. The molecular weight excluding hydrogens is 1060 g/mol. The molecule has 0 aliphatic carbocycles. The summed E-state index contributed by atoms with van der Waals surface area (Å²) in [6.07, 6.45) is 85.3. The zero-order valence-electron chi connectivity index (χ0n) is 58.0. The second-order valence-corrected chi connectivity index (χ2v) is 29.6. The Kier molecular flexibility index (Phi) is 66.5. The fraction of sp³-hybridized carbons (Fsp3) is 0.987. The maximum absolute atomic E-state index is 13.1. The van der Waals surface area contributed by atoms with Crippen molar-refractivity contribution in [2.24, 2.45) is 0 Å². The topological polar surface area (TPSA) is 105 Å². The number of unbranched alkanes of at least 4 members (excludes halogenated alkanes) is 60. The Balaban J connectivity index is 3.92. The number of likely N-dealkylation sites (N-methyl/N-ethyl adjacent to an activating group) is 1. The predicted molar refractivity (Wildman–Crippen MR) is 369 cm³/mol. The SMILES string of the molecule is CCCCCCCCCCCCCCCCCCCCCCCCCCCCCCCCCCCCC(=O)NC(COP(=O)(O)OCC[N+](C)(C)C)C(O)CCCCCCCCCCCCCCCCCCCCCCCCCCCCCC. The summed E-state index contributed by atoms with van der Waals surface area (Å²) in [5, 5.41) is 14.2. The van der Waals surface area contributed by atoms with Gasteiger partial charge in [-0.1, -0.05) is 406 Å². The average Bonchev–Trinajstić information content (AvgIpc) is 3.56. The predicted octanol–water partition coefficient (Wildman–Crippen LogP) is 24.7. The summed E-state index contributed by atoms with van der Waals surface area (Å²) < 4.78 is 23.9. The van der Waals surface area contributed by atoms with E-state index in [1.807, 2.05) is 21.1 Å². The summed E-state index contributed by atoms with van der Waals surface area (Å²) in [6.45, 7) is 4.98. The fourth-order valence-electron chi connectivity index (χ4n) is 12.4. The Morgan fingerprint density at radius 3 is 0.798 bits per heavy atom. The van der Waals surface area contributed by atoms with Crippen molar-refractivity contribution in [3.05, 3.63) is 0 Å². The van der Waals surface area contributed by atoms with E-state index < -0.39 is 20.0 Å². The molecule has 0 heterocycles. The molecule has 0 aliphatic rings. The zero-order chi connectivity index (χ0) is 61.2. The number of rotatable bonds is 73. The molecule has 0 fully saturated rings. The van der Waals surface area contributed by atoms with Crippen molar-refractivity contribution < 1.29 is 32.9 Å². The molecule has 9 heteroatoms. The molecule has 1 amide bonds. The highest BCUT2D eigenvalue weighted by molar-refractivity contribution is 7.47. The summed E-state index contributed by atoms with van der Waals surface area (Å²) in [5.74, 6) is -0.132. The molecule has 3 unspecified atom stereocenters. The number of aliphatic hydroxyl groups excluding tert-OH is 1. The number of carbonyl (C=O) groups excluding carboxylic acids is 1. The Hall–Kier alpha value is -0.500. The minimum atomic E-state index is -4.33. The summed E-state index contributed by atoms with van der Waals surface area (Å²) in [6, 6.07) is -0.757. The summed E-state index contributed by atoms with van der Waals surface area (Å²) in [7, 11) is 1.65. The van der Waals surface area contributed by atoms with Crippen molar-refractivity contribution in [3.8, 4) is 0 Å². The maximum Gasteiger partial charge on any atom is 0.472 e. The van der Waals surface area contributed by atoms with Gasteiger partial charge in [-0.25, -0.2) is 4.57 Å². The largest absolute Gasteiger partial charge is 0.472 e. The number of hydrogen-bond donors (Lipinski definition) is 3. The van der Waals surface area contributed by atoms with E-state index in [1.54, 1.807) is 0 Å². The first-order chi connectivity index (χ1) is 41.0. The van der Waals surface area contributed by atoms with Crippen LogP contribution in [0.5, 0.6) is 0 Å². The van der Waals surface area contributed by atoms with E-state index in [9.17, 15) is 19.4 Å². The second-order valence-electron chi connectivity index (χ2n) is 28.1. The normalized spacial score (nSPS) is 13.5. The van der Waals surface area contributed by atoms with Gasteiger partial charge in [-0.2, -0.15) is 0 Å². The van der Waals surface area contributed by atoms with Gasteiger partial charge in [-0.3, -0.25) is 13.8 Å². The molecule has 84 heavy (non-hydrogen) atoms.